The third-order valence-corrected chi connectivity index (χ3v) is 4.59. The molecule has 0 bridgehead atoms. The number of piperidine rings is 1. The van der Waals surface area contributed by atoms with E-state index in [0.717, 1.165) is 18.9 Å². The molecule has 0 spiro atoms. The van der Waals surface area contributed by atoms with Crippen molar-refractivity contribution in [2.75, 3.05) is 39.8 Å². The first-order valence-corrected chi connectivity index (χ1v) is 9.40. The summed E-state index contributed by atoms with van der Waals surface area (Å²) in [6.07, 6.45) is -4.76. The largest absolute Gasteiger partial charge is 0.475 e. The fourth-order valence-electron chi connectivity index (χ4n) is 2.85. The van der Waals surface area contributed by atoms with Crippen LogP contribution in [0.2, 0.25) is 5.02 Å². The van der Waals surface area contributed by atoms with E-state index in [1.165, 1.54) is 0 Å². The lowest BCUT2D eigenvalue weighted by Gasteiger charge is -2.32. The van der Waals surface area contributed by atoms with Crippen LogP contribution in [0, 0.1) is 0 Å². The molecule has 2 rings (SSSR count). The number of alkyl halides is 5. The highest BCUT2D eigenvalue weighted by atomic mass is 127. The van der Waals surface area contributed by atoms with E-state index in [0.29, 0.717) is 31.8 Å². The van der Waals surface area contributed by atoms with Crippen LogP contribution in [0.5, 0.6) is 5.88 Å². The number of aromatic nitrogens is 1. The first kappa shape index (κ1) is 26.9. The molecule has 1 aromatic rings. The lowest BCUT2D eigenvalue weighted by molar-refractivity contribution is -0.137. The van der Waals surface area contributed by atoms with Crippen LogP contribution in [0.15, 0.2) is 17.3 Å². The van der Waals surface area contributed by atoms with Gasteiger partial charge in [0.15, 0.2) is 5.96 Å². The molecule has 1 aliphatic heterocycles. The molecule has 6 nitrogen and oxygen atoms in total. The monoisotopic (exact) mass is 571 g/mol. The Hall–Kier alpha value is -1.15. The van der Waals surface area contributed by atoms with Crippen molar-refractivity contribution in [3.8, 4) is 5.88 Å². The Labute approximate surface area is 193 Å². The second kappa shape index (κ2) is 12.6. The Balaban J connectivity index is 0.00000450. The molecular formula is C17H24ClF5IN5O. The molecule has 1 aliphatic rings. The van der Waals surface area contributed by atoms with E-state index in [-0.39, 0.29) is 54.1 Å². The van der Waals surface area contributed by atoms with E-state index in [1.54, 1.807) is 11.9 Å². The summed E-state index contributed by atoms with van der Waals surface area (Å²) in [5, 5.41) is 6.01. The van der Waals surface area contributed by atoms with Gasteiger partial charge in [0.2, 0.25) is 5.88 Å². The Morgan fingerprint density at radius 1 is 1.37 bits per heavy atom. The molecule has 1 aromatic heterocycles. The first-order chi connectivity index (χ1) is 13.7. The molecule has 0 atom stereocenters. The van der Waals surface area contributed by atoms with Crippen LogP contribution in [-0.2, 0) is 6.18 Å². The van der Waals surface area contributed by atoms with E-state index in [9.17, 15) is 22.0 Å². The van der Waals surface area contributed by atoms with Crippen LogP contribution in [-0.4, -0.2) is 68.1 Å². The second-order valence-electron chi connectivity index (χ2n) is 6.47. The number of likely N-dealkylation sites (tertiary alicyclic amines) is 1. The van der Waals surface area contributed by atoms with Crippen molar-refractivity contribution in [1.29, 1.82) is 0 Å². The molecule has 1 saturated heterocycles. The van der Waals surface area contributed by atoms with E-state index in [4.69, 9.17) is 16.3 Å². The zero-order chi connectivity index (χ0) is 21.4. The summed E-state index contributed by atoms with van der Waals surface area (Å²) in [6.45, 7) is 1.37. The van der Waals surface area contributed by atoms with Gasteiger partial charge in [0, 0.05) is 32.4 Å². The third kappa shape index (κ3) is 8.92. The zero-order valence-electron chi connectivity index (χ0n) is 16.2. The molecule has 0 saturated carbocycles. The van der Waals surface area contributed by atoms with Gasteiger partial charge in [0.25, 0.3) is 6.43 Å². The van der Waals surface area contributed by atoms with Crippen molar-refractivity contribution in [2.24, 2.45) is 4.99 Å². The van der Waals surface area contributed by atoms with E-state index < -0.39 is 18.2 Å². The highest BCUT2D eigenvalue weighted by molar-refractivity contribution is 14.0. The SMILES string of the molecule is CN=C(NCCOc1ncc(C(F)(F)F)cc1Cl)NC1CCN(CC(F)F)CC1.I. The van der Waals surface area contributed by atoms with Gasteiger partial charge in [-0.05, 0) is 18.9 Å². The maximum atomic E-state index is 12.6. The molecule has 13 heteroatoms. The van der Waals surface area contributed by atoms with Crippen molar-refractivity contribution in [1.82, 2.24) is 20.5 Å². The van der Waals surface area contributed by atoms with Crippen molar-refractivity contribution in [3.05, 3.63) is 22.8 Å². The van der Waals surface area contributed by atoms with Gasteiger partial charge >= 0.3 is 6.18 Å². The minimum atomic E-state index is -4.52. The zero-order valence-corrected chi connectivity index (χ0v) is 19.3. The average Bonchev–Trinajstić information content (AvgIpc) is 2.65. The maximum Gasteiger partial charge on any atom is 0.417 e. The number of hydrogen-bond donors (Lipinski definition) is 2. The number of nitrogens with one attached hydrogen (secondary N) is 2. The molecular weight excluding hydrogens is 548 g/mol. The Bertz CT molecular complexity index is 687. The molecule has 1 fully saturated rings. The van der Waals surface area contributed by atoms with Gasteiger partial charge < -0.3 is 15.4 Å². The molecule has 0 aliphatic carbocycles. The topological polar surface area (TPSA) is 61.8 Å². The van der Waals surface area contributed by atoms with Gasteiger partial charge in [-0.3, -0.25) is 9.89 Å². The number of nitrogens with zero attached hydrogens (tertiary/aromatic N) is 3. The maximum absolute atomic E-state index is 12.6. The van der Waals surface area contributed by atoms with Crippen molar-refractivity contribution < 1.29 is 26.7 Å². The van der Waals surface area contributed by atoms with Gasteiger partial charge in [0.05, 0.1) is 18.7 Å². The van der Waals surface area contributed by atoms with Gasteiger partial charge in [0.1, 0.15) is 11.6 Å². The third-order valence-electron chi connectivity index (χ3n) is 4.32. The molecule has 172 valence electrons. The van der Waals surface area contributed by atoms with Crippen molar-refractivity contribution in [3.63, 3.8) is 0 Å². The predicted molar refractivity (Wildman–Crippen MR) is 115 cm³/mol. The number of guanidine groups is 1. The van der Waals surface area contributed by atoms with E-state index in [2.05, 4.69) is 20.6 Å². The summed E-state index contributed by atoms with van der Waals surface area (Å²) in [4.78, 5) is 9.42. The Morgan fingerprint density at radius 2 is 2.03 bits per heavy atom. The quantitative estimate of drug-likeness (QED) is 0.172. The minimum Gasteiger partial charge on any atom is -0.475 e. The molecule has 0 radical (unpaired) electrons. The molecule has 0 aromatic carbocycles. The summed E-state index contributed by atoms with van der Waals surface area (Å²) < 4.78 is 67.9. The summed E-state index contributed by atoms with van der Waals surface area (Å²) in [6, 6.07) is 0.875. The average molecular weight is 572 g/mol. The number of halogens is 7. The van der Waals surface area contributed by atoms with Crippen LogP contribution < -0.4 is 15.4 Å². The first-order valence-electron chi connectivity index (χ1n) is 9.02. The van der Waals surface area contributed by atoms with Crippen LogP contribution in [0.25, 0.3) is 0 Å². The summed E-state index contributed by atoms with van der Waals surface area (Å²) in [5.74, 6) is 0.434. The number of rotatable bonds is 7. The molecule has 2 heterocycles. The Kier molecular flexibility index (Phi) is 11.3. The molecule has 0 amide bonds. The van der Waals surface area contributed by atoms with Crippen molar-refractivity contribution >= 4 is 41.5 Å². The van der Waals surface area contributed by atoms with Gasteiger partial charge in [-0.25, -0.2) is 13.8 Å². The van der Waals surface area contributed by atoms with E-state index in [1.807, 2.05) is 0 Å². The number of pyridine rings is 1. The Morgan fingerprint density at radius 3 is 2.57 bits per heavy atom. The highest BCUT2D eigenvalue weighted by Gasteiger charge is 2.31. The highest BCUT2D eigenvalue weighted by Crippen LogP contribution is 2.32. The standard InChI is InChI=1S/C17H23ClF5N5O.HI/c1-24-16(27-12-2-5-28(6-3-12)10-14(19)20)25-4-7-29-15-13(18)8-11(9-26-15)17(21,22)23;/h8-9,12,14H,2-7,10H2,1H3,(H2,24,25,27);1H. The van der Waals surface area contributed by atoms with Crippen LogP contribution in [0.3, 0.4) is 0 Å². The molecule has 30 heavy (non-hydrogen) atoms. The summed E-state index contributed by atoms with van der Waals surface area (Å²) >= 11 is 5.78. The fourth-order valence-corrected chi connectivity index (χ4v) is 3.07. The van der Waals surface area contributed by atoms with Gasteiger partial charge in [-0.1, -0.05) is 11.6 Å². The lowest BCUT2D eigenvalue weighted by Crippen LogP contribution is -2.49. The normalized spacial score (nSPS) is 16.3. The van der Waals surface area contributed by atoms with Crippen LogP contribution in [0.1, 0.15) is 18.4 Å². The number of ether oxygens (including phenoxy) is 1. The second-order valence-corrected chi connectivity index (χ2v) is 6.87. The minimum absolute atomic E-state index is 0. The van der Waals surface area contributed by atoms with Crippen LogP contribution >= 0.6 is 35.6 Å². The number of aliphatic imine (C=N–C) groups is 1. The number of hydrogen-bond acceptors (Lipinski definition) is 4. The predicted octanol–water partition coefficient (Wildman–Crippen LogP) is 3.65. The van der Waals surface area contributed by atoms with E-state index >= 15 is 0 Å². The molecule has 2 N–H and O–H groups in total. The van der Waals surface area contributed by atoms with Crippen molar-refractivity contribution in [2.45, 2.75) is 31.5 Å². The lowest BCUT2D eigenvalue weighted by atomic mass is 10.1. The summed E-state index contributed by atoms with van der Waals surface area (Å²) in [7, 11) is 1.59. The summed E-state index contributed by atoms with van der Waals surface area (Å²) in [5.41, 5.74) is -0.947. The van der Waals surface area contributed by atoms with Gasteiger partial charge in [-0.2, -0.15) is 13.2 Å². The molecule has 0 unspecified atom stereocenters. The van der Waals surface area contributed by atoms with Gasteiger partial charge in [-0.15, -0.1) is 24.0 Å². The van der Waals surface area contributed by atoms with Crippen LogP contribution in [0.4, 0.5) is 22.0 Å². The smallest absolute Gasteiger partial charge is 0.417 e. The fraction of sp³-hybridized carbons (Fsp3) is 0.647.